The van der Waals surface area contributed by atoms with Gasteiger partial charge in [0.1, 0.15) is 6.04 Å². The van der Waals surface area contributed by atoms with Gasteiger partial charge in [0.15, 0.2) is 6.61 Å². The van der Waals surface area contributed by atoms with E-state index in [9.17, 15) is 14.4 Å². The van der Waals surface area contributed by atoms with Crippen molar-refractivity contribution in [1.29, 1.82) is 0 Å². The smallest absolute Gasteiger partial charge is 0.328 e. The number of rotatable bonds is 6. The molecule has 0 saturated heterocycles. The molecule has 1 fully saturated rings. The molecule has 22 heavy (non-hydrogen) atoms. The summed E-state index contributed by atoms with van der Waals surface area (Å²) in [5.74, 6) is -1.34. The fourth-order valence-electron chi connectivity index (χ4n) is 1.70. The Morgan fingerprint density at radius 1 is 1.27 bits per heavy atom. The first kappa shape index (κ1) is 16.5. The van der Waals surface area contributed by atoms with Gasteiger partial charge >= 0.3 is 5.97 Å². The molecular weight excluding hydrogens is 352 g/mol. The zero-order chi connectivity index (χ0) is 16.1. The number of ether oxygens (including phenoxy) is 1. The summed E-state index contributed by atoms with van der Waals surface area (Å²) in [6.45, 7) is 1.19. The average Bonchev–Trinajstić information content (AvgIpc) is 3.29. The minimum Gasteiger partial charge on any atom is -0.454 e. The van der Waals surface area contributed by atoms with Gasteiger partial charge in [0, 0.05) is 16.1 Å². The van der Waals surface area contributed by atoms with Crippen molar-refractivity contribution in [2.24, 2.45) is 0 Å². The van der Waals surface area contributed by atoms with Crippen LogP contribution in [0.2, 0.25) is 0 Å². The largest absolute Gasteiger partial charge is 0.454 e. The first-order valence-electron chi connectivity index (χ1n) is 6.98. The van der Waals surface area contributed by atoms with E-state index in [2.05, 4.69) is 26.6 Å². The summed E-state index contributed by atoms with van der Waals surface area (Å²) < 4.78 is 5.74. The Morgan fingerprint density at radius 2 is 1.91 bits per heavy atom. The Kier molecular flexibility index (Phi) is 5.54. The van der Waals surface area contributed by atoms with Crippen molar-refractivity contribution in [3.05, 3.63) is 34.3 Å². The minimum absolute atomic E-state index is 0.223. The molecule has 0 bridgehead atoms. The minimum atomic E-state index is -0.829. The zero-order valence-electron chi connectivity index (χ0n) is 12.1. The predicted molar refractivity (Wildman–Crippen MR) is 83.2 cm³/mol. The number of halogens is 1. The van der Waals surface area contributed by atoms with Crippen LogP contribution in [0.15, 0.2) is 28.7 Å². The van der Waals surface area contributed by atoms with Crippen molar-refractivity contribution in [2.75, 3.05) is 6.61 Å². The fourth-order valence-corrected chi connectivity index (χ4v) is 1.96. The topological polar surface area (TPSA) is 84.5 Å². The quantitative estimate of drug-likeness (QED) is 0.743. The van der Waals surface area contributed by atoms with E-state index in [4.69, 9.17) is 4.74 Å². The van der Waals surface area contributed by atoms with E-state index in [-0.39, 0.29) is 24.5 Å². The molecule has 1 aliphatic carbocycles. The summed E-state index contributed by atoms with van der Waals surface area (Å²) in [7, 11) is 0. The third-order valence-corrected chi connectivity index (χ3v) is 3.62. The Hall–Kier alpha value is -1.89. The highest BCUT2D eigenvalue weighted by molar-refractivity contribution is 9.10. The molecule has 1 saturated carbocycles. The highest BCUT2D eigenvalue weighted by Gasteiger charge is 2.24. The van der Waals surface area contributed by atoms with E-state index in [1.807, 2.05) is 0 Å². The van der Waals surface area contributed by atoms with E-state index in [0.29, 0.717) is 5.56 Å². The van der Waals surface area contributed by atoms with E-state index < -0.39 is 12.0 Å². The van der Waals surface area contributed by atoms with E-state index >= 15 is 0 Å². The number of amides is 2. The molecule has 1 aromatic rings. The lowest BCUT2D eigenvalue weighted by Gasteiger charge is -2.13. The van der Waals surface area contributed by atoms with Crippen molar-refractivity contribution in [3.8, 4) is 0 Å². The van der Waals surface area contributed by atoms with Gasteiger partial charge in [-0.2, -0.15) is 0 Å². The van der Waals surface area contributed by atoms with Crippen molar-refractivity contribution in [2.45, 2.75) is 31.8 Å². The monoisotopic (exact) mass is 368 g/mol. The zero-order valence-corrected chi connectivity index (χ0v) is 13.7. The number of carbonyl (C=O) groups excluding carboxylic acids is 3. The van der Waals surface area contributed by atoms with Crippen LogP contribution in [0.25, 0.3) is 0 Å². The molecule has 0 aliphatic heterocycles. The molecule has 1 aromatic carbocycles. The van der Waals surface area contributed by atoms with Crippen LogP contribution in [0, 0.1) is 0 Å². The van der Waals surface area contributed by atoms with Crippen LogP contribution in [0.3, 0.4) is 0 Å². The van der Waals surface area contributed by atoms with Crippen LogP contribution in [-0.2, 0) is 14.3 Å². The molecule has 2 amide bonds. The van der Waals surface area contributed by atoms with E-state index in [1.54, 1.807) is 24.3 Å². The molecule has 7 heteroatoms. The maximum absolute atomic E-state index is 11.9. The van der Waals surface area contributed by atoms with Crippen LogP contribution in [0.4, 0.5) is 0 Å². The van der Waals surface area contributed by atoms with Crippen molar-refractivity contribution in [3.63, 3.8) is 0 Å². The third-order valence-electron chi connectivity index (χ3n) is 3.10. The summed E-state index contributed by atoms with van der Waals surface area (Å²) in [4.78, 5) is 35.1. The number of hydrogen-bond acceptors (Lipinski definition) is 4. The molecule has 0 radical (unpaired) electrons. The maximum atomic E-state index is 11.9. The second-order valence-electron chi connectivity index (χ2n) is 5.15. The number of carbonyl (C=O) groups is 3. The fraction of sp³-hybridized carbons (Fsp3) is 0.400. The molecule has 118 valence electrons. The first-order chi connectivity index (χ1) is 10.5. The SMILES string of the molecule is C[C@H](NC(=O)c1ccc(Br)cc1)C(=O)OCC(=O)NC1CC1. The van der Waals surface area contributed by atoms with E-state index in [0.717, 1.165) is 17.3 Å². The molecule has 2 rings (SSSR count). The van der Waals surface area contributed by atoms with Gasteiger partial charge in [-0.05, 0) is 44.0 Å². The number of nitrogens with one attached hydrogen (secondary N) is 2. The van der Waals surface area contributed by atoms with Crippen molar-refractivity contribution >= 4 is 33.7 Å². The molecule has 0 aromatic heterocycles. The lowest BCUT2D eigenvalue weighted by Crippen LogP contribution is -2.41. The Balaban J connectivity index is 1.76. The standard InChI is InChI=1S/C15H17BrN2O4/c1-9(15(21)22-8-13(19)18-12-6-7-12)17-14(20)10-2-4-11(16)5-3-10/h2-5,9,12H,6-8H2,1H3,(H,17,20)(H,18,19)/t9-/m0/s1. The number of esters is 1. The summed E-state index contributed by atoms with van der Waals surface area (Å²) in [6.07, 6.45) is 1.94. The van der Waals surface area contributed by atoms with Gasteiger partial charge in [-0.3, -0.25) is 9.59 Å². The van der Waals surface area contributed by atoms with Gasteiger partial charge in [-0.15, -0.1) is 0 Å². The summed E-state index contributed by atoms with van der Waals surface area (Å²) in [5.41, 5.74) is 0.439. The Bertz CT molecular complexity index is 569. The van der Waals surface area contributed by atoms with Crippen molar-refractivity contribution in [1.82, 2.24) is 10.6 Å². The predicted octanol–water partition coefficient (Wildman–Crippen LogP) is 1.39. The first-order valence-corrected chi connectivity index (χ1v) is 7.77. The summed E-state index contributed by atoms with van der Waals surface area (Å²) >= 11 is 3.28. The second kappa shape index (κ2) is 7.40. The van der Waals surface area contributed by atoms with Crippen LogP contribution in [0.5, 0.6) is 0 Å². The van der Waals surface area contributed by atoms with Crippen LogP contribution >= 0.6 is 15.9 Å². The molecule has 0 unspecified atom stereocenters. The molecule has 1 aliphatic rings. The van der Waals surface area contributed by atoms with Crippen LogP contribution < -0.4 is 10.6 Å². The normalized spacial score (nSPS) is 14.8. The van der Waals surface area contributed by atoms with Crippen LogP contribution in [-0.4, -0.2) is 36.5 Å². The molecule has 6 nitrogen and oxygen atoms in total. The second-order valence-corrected chi connectivity index (χ2v) is 6.07. The van der Waals surface area contributed by atoms with Gasteiger partial charge in [0.05, 0.1) is 0 Å². The van der Waals surface area contributed by atoms with E-state index in [1.165, 1.54) is 6.92 Å². The van der Waals surface area contributed by atoms with Gasteiger partial charge in [0.25, 0.3) is 11.8 Å². The maximum Gasteiger partial charge on any atom is 0.328 e. The lowest BCUT2D eigenvalue weighted by molar-refractivity contribution is -0.150. The Labute approximate surface area is 136 Å². The van der Waals surface area contributed by atoms with Crippen LogP contribution in [0.1, 0.15) is 30.1 Å². The average molecular weight is 369 g/mol. The molecular formula is C15H17BrN2O4. The summed E-state index contributed by atoms with van der Waals surface area (Å²) in [6, 6.07) is 6.15. The molecule has 2 N–H and O–H groups in total. The van der Waals surface area contributed by atoms with Gasteiger partial charge in [0.2, 0.25) is 0 Å². The number of hydrogen-bond donors (Lipinski definition) is 2. The van der Waals surface area contributed by atoms with Gasteiger partial charge in [-0.25, -0.2) is 4.79 Å². The third kappa shape index (κ3) is 5.14. The Morgan fingerprint density at radius 3 is 2.50 bits per heavy atom. The molecule has 0 spiro atoms. The molecule has 1 atom stereocenters. The van der Waals surface area contributed by atoms with Gasteiger partial charge in [-0.1, -0.05) is 15.9 Å². The highest BCUT2D eigenvalue weighted by atomic mass is 79.9. The highest BCUT2D eigenvalue weighted by Crippen LogP contribution is 2.18. The number of benzene rings is 1. The van der Waals surface area contributed by atoms with Crippen molar-refractivity contribution < 1.29 is 19.1 Å². The lowest BCUT2D eigenvalue weighted by atomic mass is 10.2. The van der Waals surface area contributed by atoms with Gasteiger partial charge < -0.3 is 15.4 Å². The summed E-state index contributed by atoms with van der Waals surface area (Å²) in [5, 5.41) is 5.24. The molecule has 0 heterocycles.